The van der Waals surface area contributed by atoms with Crippen molar-refractivity contribution in [3.05, 3.63) is 0 Å². The highest BCUT2D eigenvalue weighted by molar-refractivity contribution is 5.82. The lowest BCUT2D eigenvalue weighted by Gasteiger charge is -2.22. The van der Waals surface area contributed by atoms with Gasteiger partial charge < -0.3 is 10.2 Å². The van der Waals surface area contributed by atoms with Crippen LogP contribution in [0.1, 0.15) is 39.5 Å². The quantitative estimate of drug-likeness (QED) is 0.781. The summed E-state index contributed by atoms with van der Waals surface area (Å²) >= 11 is 0. The van der Waals surface area contributed by atoms with Gasteiger partial charge in [0, 0.05) is 19.1 Å². The van der Waals surface area contributed by atoms with Crippen molar-refractivity contribution in [2.45, 2.75) is 51.6 Å². The SMILES string of the molecule is CCCCN1CCC(C)NC(CC#N)C1=O. The van der Waals surface area contributed by atoms with E-state index in [9.17, 15) is 4.79 Å². The number of nitrogens with one attached hydrogen (secondary N) is 1. The number of amides is 1. The van der Waals surface area contributed by atoms with E-state index in [2.05, 4.69) is 25.2 Å². The van der Waals surface area contributed by atoms with Crippen molar-refractivity contribution in [1.29, 1.82) is 5.26 Å². The van der Waals surface area contributed by atoms with E-state index in [-0.39, 0.29) is 18.4 Å². The number of carbonyl (C=O) groups excluding carboxylic acids is 1. The second-order valence-corrected chi connectivity index (χ2v) is 4.45. The molecule has 0 aromatic carbocycles. The molecule has 0 saturated carbocycles. The summed E-state index contributed by atoms with van der Waals surface area (Å²) in [4.78, 5) is 14.0. The predicted octanol–water partition coefficient (Wildman–Crippen LogP) is 1.28. The molecule has 2 unspecified atom stereocenters. The van der Waals surface area contributed by atoms with Crippen molar-refractivity contribution in [2.75, 3.05) is 13.1 Å². The molecule has 0 bridgehead atoms. The van der Waals surface area contributed by atoms with E-state index in [1.54, 1.807) is 0 Å². The topological polar surface area (TPSA) is 56.1 Å². The number of unbranched alkanes of at least 4 members (excludes halogenated alkanes) is 1. The molecule has 1 aliphatic heterocycles. The Labute approximate surface area is 97.6 Å². The third-order valence-electron chi connectivity index (χ3n) is 3.00. The van der Waals surface area contributed by atoms with Crippen molar-refractivity contribution >= 4 is 5.91 Å². The standard InChI is InChI=1S/C12H21N3O/c1-3-4-8-15-9-6-10(2)14-11(5-7-13)12(15)16/h10-11,14H,3-6,8-9H2,1-2H3. The Balaban J connectivity index is 2.63. The first-order valence-electron chi connectivity index (χ1n) is 6.10. The summed E-state index contributed by atoms with van der Waals surface area (Å²) in [6.07, 6.45) is 3.37. The van der Waals surface area contributed by atoms with Crippen LogP contribution in [-0.2, 0) is 4.79 Å². The van der Waals surface area contributed by atoms with Crippen LogP contribution in [-0.4, -0.2) is 36.0 Å². The van der Waals surface area contributed by atoms with E-state index in [1.807, 2.05) is 4.90 Å². The smallest absolute Gasteiger partial charge is 0.240 e. The number of nitriles is 1. The van der Waals surface area contributed by atoms with Gasteiger partial charge in [0.25, 0.3) is 0 Å². The maximum absolute atomic E-state index is 12.1. The third kappa shape index (κ3) is 3.49. The molecular weight excluding hydrogens is 202 g/mol. The minimum absolute atomic E-state index is 0.0966. The van der Waals surface area contributed by atoms with Gasteiger partial charge in [-0.3, -0.25) is 4.79 Å². The lowest BCUT2D eigenvalue weighted by Crippen LogP contribution is -2.45. The average molecular weight is 223 g/mol. The Morgan fingerprint density at radius 1 is 1.62 bits per heavy atom. The Bertz CT molecular complexity index is 272. The summed E-state index contributed by atoms with van der Waals surface area (Å²) in [5.74, 6) is 0.0966. The zero-order valence-electron chi connectivity index (χ0n) is 10.2. The number of nitrogens with zero attached hydrogens (tertiary/aromatic N) is 2. The molecule has 1 rings (SSSR count). The van der Waals surface area contributed by atoms with E-state index in [0.717, 1.165) is 32.4 Å². The van der Waals surface area contributed by atoms with Gasteiger partial charge in [0.1, 0.15) is 6.04 Å². The monoisotopic (exact) mass is 223 g/mol. The van der Waals surface area contributed by atoms with Gasteiger partial charge in [0.05, 0.1) is 12.5 Å². The minimum Gasteiger partial charge on any atom is -0.341 e. The molecule has 1 aliphatic rings. The second kappa shape index (κ2) is 6.49. The van der Waals surface area contributed by atoms with Crippen LogP contribution in [0, 0.1) is 11.3 Å². The molecule has 1 amide bonds. The molecule has 0 aromatic rings. The summed E-state index contributed by atoms with van der Waals surface area (Å²) in [6.45, 7) is 5.83. The van der Waals surface area contributed by atoms with Gasteiger partial charge in [-0.05, 0) is 19.8 Å². The van der Waals surface area contributed by atoms with Crippen LogP contribution < -0.4 is 5.32 Å². The maximum atomic E-state index is 12.1. The van der Waals surface area contributed by atoms with E-state index in [0.29, 0.717) is 6.04 Å². The molecule has 4 heteroatoms. The molecule has 90 valence electrons. The summed E-state index contributed by atoms with van der Waals surface area (Å²) in [5.41, 5.74) is 0. The number of carbonyl (C=O) groups is 1. The van der Waals surface area contributed by atoms with Crippen molar-refractivity contribution in [1.82, 2.24) is 10.2 Å². The molecule has 2 atom stereocenters. The highest BCUT2D eigenvalue weighted by Crippen LogP contribution is 2.10. The van der Waals surface area contributed by atoms with Gasteiger partial charge >= 0.3 is 0 Å². The summed E-state index contributed by atoms with van der Waals surface area (Å²) in [5, 5.41) is 11.9. The fraction of sp³-hybridized carbons (Fsp3) is 0.833. The fourth-order valence-corrected chi connectivity index (χ4v) is 1.99. The minimum atomic E-state index is -0.306. The van der Waals surface area contributed by atoms with Gasteiger partial charge in [-0.2, -0.15) is 5.26 Å². The molecular formula is C12H21N3O. The molecule has 0 aliphatic carbocycles. The van der Waals surface area contributed by atoms with Gasteiger partial charge in [0.15, 0.2) is 0 Å². The van der Waals surface area contributed by atoms with Crippen molar-refractivity contribution in [3.8, 4) is 6.07 Å². The first kappa shape index (κ1) is 13.0. The largest absolute Gasteiger partial charge is 0.341 e. The van der Waals surface area contributed by atoms with Gasteiger partial charge in [-0.15, -0.1) is 0 Å². The van der Waals surface area contributed by atoms with Crippen LogP contribution >= 0.6 is 0 Å². The molecule has 16 heavy (non-hydrogen) atoms. The van der Waals surface area contributed by atoms with Crippen molar-refractivity contribution in [3.63, 3.8) is 0 Å². The van der Waals surface area contributed by atoms with E-state index < -0.39 is 0 Å². The highest BCUT2D eigenvalue weighted by Gasteiger charge is 2.28. The Kier molecular flexibility index (Phi) is 5.27. The van der Waals surface area contributed by atoms with E-state index in [4.69, 9.17) is 5.26 Å². The maximum Gasteiger partial charge on any atom is 0.240 e. The molecule has 1 heterocycles. The molecule has 1 fully saturated rings. The van der Waals surface area contributed by atoms with Crippen LogP contribution in [0.15, 0.2) is 0 Å². The lowest BCUT2D eigenvalue weighted by atomic mass is 10.2. The molecule has 1 N–H and O–H groups in total. The van der Waals surface area contributed by atoms with Crippen molar-refractivity contribution in [2.24, 2.45) is 0 Å². The molecule has 0 radical (unpaired) electrons. The number of rotatable bonds is 4. The Morgan fingerprint density at radius 3 is 3.00 bits per heavy atom. The summed E-state index contributed by atoms with van der Waals surface area (Å²) in [7, 11) is 0. The second-order valence-electron chi connectivity index (χ2n) is 4.45. The number of hydrogen-bond donors (Lipinski definition) is 1. The van der Waals surface area contributed by atoms with E-state index >= 15 is 0 Å². The molecule has 1 saturated heterocycles. The molecule has 0 spiro atoms. The van der Waals surface area contributed by atoms with Crippen LogP contribution in [0.5, 0.6) is 0 Å². The van der Waals surface area contributed by atoms with Crippen LogP contribution in [0.2, 0.25) is 0 Å². The van der Waals surface area contributed by atoms with E-state index in [1.165, 1.54) is 0 Å². The zero-order valence-corrected chi connectivity index (χ0v) is 10.2. The van der Waals surface area contributed by atoms with Gasteiger partial charge in [0.2, 0.25) is 5.91 Å². The number of hydrogen-bond acceptors (Lipinski definition) is 3. The highest BCUT2D eigenvalue weighted by atomic mass is 16.2. The Hall–Kier alpha value is -1.08. The summed E-state index contributed by atoms with van der Waals surface area (Å²) in [6, 6.07) is 2.09. The zero-order chi connectivity index (χ0) is 12.0. The van der Waals surface area contributed by atoms with Crippen LogP contribution in [0.3, 0.4) is 0 Å². The molecule has 0 aromatic heterocycles. The normalized spacial score (nSPS) is 26.3. The first-order chi connectivity index (χ1) is 7.69. The molecule has 4 nitrogen and oxygen atoms in total. The first-order valence-corrected chi connectivity index (χ1v) is 6.10. The van der Waals surface area contributed by atoms with Gasteiger partial charge in [-0.25, -0.2) is 0 Å². The van der Waals surface area contributed by atoms with Crippen LogP contribution in [0.4, 0.5) is 0 Å². The van der Waals surface area contributed by atoms with Gasteiger partial charge in [-0.1, -0.05) is 13.3 Å². The average Bonchev–Trinajstić information content (AvgIpc) is 2.39. The van der Waals surface area contributed by atoms with Crippen LogP contribution in [0.25, 0.3) is 0 Å². The van der Waals surface area contributed by atoms with Crippen molar-refractivity contribution < 1.29 is 4.79 Å². The Morgan fingerprint density at radius 2 is 2.38 bits per heavy atom. The lowest BCUT2D eigenvalue weighted by molar-refractivity contribution is -0.132. The predicted molar refractivity (Wildman–Crippen MR) is 62.7 cm³/mol. The third-order valence-corrected chi connectivity index (χ3v) is 3.00. The fourth-order valence-electron chi connectivity index (χ4n) is 1.99. The summed E-state index contributed by atoms with van der Waals surface area (Å²) < 4.78 is 0.